The molecular formula is C32H40O6. The third kappa shape index (κ3) is 8.73. The summed E-state index contributed by atoms with van der Waals surface area (Å²) in [4.78, 5) is 0. The Labute approximate surface area is 226 Å². The van der Waals surface area contributed by atoms with E-state index in [1.165, 1.54) is 0 Å². The molecule has 0 spiro atoms. The van der Waals surface area contributed by atoms with Crippen LogP contribution in [0.2, 0.25) is 0 Å². The molecule has 0 amide bonds. The maximum Gasteiger partial charge on any atom is 0.186 e. The molecule has 3 aromatic carbocycles. The van der Waals surface area contributed by atoms with Crippen molar-refractivity contribution in [2.75, 3.05) is 13.2 Å². The van der Waals surface area contributed by atoms with Gasteiger partial charge in [0.25, 0.3) is 0 Å². The van der Waals surface area contributed by atoms with E-state index < -0.39 is 30.7 Å². The van der Waals surface area contributed by atoms with Crippen LogP contribution in [0.3, 0.4) is 0 Å². The van der Waals surface area contributed by atoms with Gasteiger partial charge in [0.2, 0.25) is 0 Å². The summed E-state index contributed by atoms with van der Waals surface area (Å²) in [7, 11) is 0. The minimum atomic E-state index is -1.01. The van der Waals surface area contributed by atoms with E-state index in [0.717, 1.165) is 36.0 Å². The summed E-state index contributed by atoms with van der Waals surface area (Å²) in [6.45, 7) is 4.09. The highest BCUT2D eigenvalue weighted by molar-refractivity contribution is 5.15. The summed E-state index contributed by atoms with van der Waals surface area (Å²) in [6, 6.07) is 29.9. The second kappa shape index (κ2) is 15.7. The van der Waals surface area contributed by atoms with Gasteiger partial charge in [-0.15, -0.1) is 0 Å². The number of rotatable bonds is 15. The van der Waals surface area contributed by atoms with E-state index in [1.54, 1.807) is 0 Å². The van der Waals surface area contributed by atoms with Crippen LogP contribution < -0.4 is 0 Å². The van der Waals surface area contributed by atoms with Crippen molar-refractivity contribution in [3.63, 3.8) is 0 Å². The van der Waals surface area contributed by atoms with Crippen LogP contribution in [0.15, 0.2) is 91.0 Å². The van der Waals surface area contributed by atoms with Gasteiger partial charge >= 0.3 is 0 Å². The first kappa shape index (κ1) is 28.4. The molecule has 1 fully saturated rings. The first-order valence-corrected chi connectivity index (χ1v) is 13.6. The van der Waals surface area contributed by atoms with Crippen molar-refractivity contribution in [2.45, 2.75) is 76.7 Å². The molecule has 1 saturated heterocycles. The van der Waals surface area contributed by atoms with Crippen molar-refractivity contribution in [2.24, 2.45) is 0 Å². The molecule has 1 aliphatic rings. The number of aliphatic hydroxyl groups excluding tert-OH is 1. The molecule has 0 aromatic heterocycles. The second-order valence-electron chi connectivity index (χ2n) is 9.63. The molecular weight excluding hydrogens is 480 g/mol. The minimum absolute atomic E-state index is 0.279. The lowest BCUT2D eigenvalue weighted by Gasteiger charge is -2.44. The Kier molecular flexibility index (Phi) is 11.8. The van der Waals surface area contributed by atoms with Gasteiger partial charge in [-0.2, -0.15) is 0 Å². The first-order valence-electron chi connectivity index (χ1n) is 13.6. The first-order chi connectivity index (χ1) is 18.7. The van der Waals surface area contributed by atoms with Crippen molar-refractivity contribution in [1.82, 2.24) is 0 Å². The normalized spacial score (nSPS) is 23.4. The van der Waals surface area contributed by atoms with Gasteiger partial charge in [-0.1, -0.05) is 111 Å². The van der Waals surface area contributed by atoms with Crippen LogP contribution in [0.25, 0.3) is 0 Å². The molecule has 6 heteroatoms. The lowest BCUT2D eigenvalue weighted by atomic mass is 9.98. The Morgan fingerprint density at radius 3 is 1.74 bits per heavy atom. The summed E-state index contributed by atoms with van der Waals surface area (Å²) >= 11 is 0. The fraction of sp³-hybridized carbons (Fsp3) is 0.438. The molecule has 38 heavy (non-hydrogen) atoms. The third-order valence-electron chi connectivity index (χ3n) is 6.61. The molecule has 6 nitrogen and oxygen atoms in total. The highest BCUT2D eigenvalue weighted by Gasteiger charge is 2.47. The zero-order valence-electron chi connectivity index (χ0n) is 22.2. The lowest BCUT2D eigenvalue weighted by molar-refractivity contribution is -0.319. The number of hydrogen-bond donors (Lipinski definition) is 1. The molecule has 4 rings (SSSR count). The quantitative estimate of drug-likeness (QED) is 0.261. The van der Waals surface area contributed by atoms with E-state index in [2.05, 4.69) is 6.92 Å². The van der Waals surface area contributed by atoms with Crippen LogP contribution in [-0.2, 0) is 43.5 Å². The van der Waals surface area contributed by atoms with Crippen LogP contribution >= 0.6 is 0 Å². The average Bonchev–Trinajstić information content (AvgIpc) is 2.96. The Morgan fingerprint density at radius 2 is 1.18 bits per heavy atom. The van der Waals surface area contributed by atoms with Crippen LogP contribution in [-0.4, -0.2) is 49.0 Å². The van der Waals surface area contributed by atoms with Gasteiger partial charge in [-0.05, 0) is 23.1 Å². The zero-order valence-corrected chi connectivity index (χ0v) is 22.2. The number of hydrogen-bond acceptors (Lipinski definition) is 6. The number of aliphatic hydroxyl groups is 1. The van der Waals surface area contributed by atoms with E-state index in [4.69, 9.17) is 23.7 Å². The summed E-state index contributed by atoms with van der Waals surface area (Å²) in [5.41, 5.74) is 3.13. The predicted molar refractivity (Wildman–Crippen MR) is 146 cm³/mol. The fourth-order valence-corrected chi connectivity index (χ4v) is 4.51. The number of unbranched alkanes of at least 4 members (excludes halogenated alkanes) is 2. The standard InChI is InChI=1S/C32H40O6/c1-2-3-13-20-35-32-29(33)31(37-23-27-18-11-6-12-19-27)30(36-22-26-16-9-5-10-17-26)28(38-32)24-34-21-25-14-7-4-8-15-25/h4-12,14-19,28-33H,2-3,13,20-24H2,1H3/t28-,29+,30-,31-,32-/m1/s1. The summed E-state index contributed by atoms with van der Waals surface area (Å²) in [6.07, 6.45) is -0.477. The Morgan fingerprint density at radius 1 is 0.658 bits per heavy atom. The fourth-order valence-electron chi connectivity index (χ4n) is 4.51. The largest absolute Gasteiger partial charge is 0.385 e. The SMILES string of the molecule is CCCCCO[C@@H]1O[C@H](COCc2ccccc2)[C@@H](OCc2ccccc2)[C@H](OCc2ccccc2)[C@@H]1O. The Bertz CT molecular complexity index is 1020. The predicted octanol–water partition coefficient (Wildman–Crippen LogP) is 5.67. The molecule has 5 atom stereocenters. The Hall–Kier alpha value is -2.58. The van der Waals surface area contributed by atoms with Crippen LogP contribution in [0.5, 0.6) is 0 Å². The smallest absolute Gasteiger partial charge is 0.186 e. The third-order valence-corrected chi connectivity index (χ3v) is 6.61. The van der Waals surface area contributed by atoms with E-state index in [-0.39, 0.29) is 6.61 Å². The Balaban J connectivity index is 1.50. The molecule has 0 aliphatic carbocycles. The molecule has 0 saturated carbocycles. The monoisotopic (exact) mass is 520 g/mol. The summed E-state index contributed by atoms with van der Waals surface area (Å²) in [5, 5.41) is 11.4. The number of ether oxygens (including phenoxy) is 5. The van der Waals surface area contributed by atoms with Crippen molar-refractivity contribution in [3.8, 4) is 0 Å². The zero-order chi connectivity index (χ0) is 26.4. The van der Waals surface area contributed by atoms with E-state index in [9.17, 15) is 5.11 Å². The van der Waals surface area contributed by atoms with Crippen LogP contribution in [0.4, 0.5) is 0 Å². The van der Waals surface area contributed by atoms with Crippen molar-refractivity contribution < 1.29 is 28.8 Å². The van der Waals surface area contributed by atoms with Crippen molar-refractivity contribution >= 4 is 0 Å². The molecule has 0 bridgehead atoms. The molecule has 1 heterocycles. The van der Waals surface area contributed by atoms with Crippen LogP contribution in [0.1, 0.15) is 42.9 Å². The molecule has 204 valence electrons. The maximum absolute atomic E-state index is 11.4. The topological polar surface area (TPSA) is 66.4 Å². The van der Waals surface area contributed by atoms with Gasteiger partial charge in [-0.25, -0.2) is 0 Å². The second-order valence-corrected chi connectivity index (χ2v) is 9.63. The maximum atomic E-state index is 11.4. The summed E-state index contributed by atoms with van der Waals surface area (Å²) < 4.78 is 31.1. The van der Waals surface area contributed by atoms with Gasteiger partial charge in [0.15, 0.2) is 6.29 Å². The van der Waals surface area contributed by atoms with E-state index in [0.29, 0.717) is 26.4 Å². The van der Waals surface area contributed by atoms with E-state index >= 15 is 0 Å². The molecule has 0 unspecified atom stereocenters. The lowest BCUT2D eigenvalue weighted by Crippen LogP contribution is -2.61. The van der Waals surface area contributed by atoms with Gasteiger partial charge in [-0.3, -0.25) is 0 Å². The molecule has 1 N–H and O–H groups in total. The van der Waals surface area contributed by atoms with Crippen molar-refractivity contribution in [3.05, 3.63) is 108 Å². The highest BCUT2D eigenvalue weighted by Crippen LogP contribution is 2.29. The average molecular weight is 521 g/mol. The van der Waals surface area contributed by atoms with Gasteiger partial charge in [0.1, 0.15) is 24.4 Å². The molecule has 3 aromatic rings. The number of benzene rings is 3. The minimum Gasteiger partial charge on any atom is -0.385 e. The van der Waals surface area contributed by atoms with E-state index in [1.807, 2.05) is 91.0 Å². The van der Waals surface area contributed by atoms with Crippen LogP contribution in [0, 0.1) is 0 Å². The van der Waals surface area contributed by atoms with Gasteiger partial charge in [0, 0.05) is 6.61 Å². The van der Waals surface area contributed by atoms with Gasteiger partial charge in [0.05, 0.1) is 26.4 Å². The summed E-state index contributed by atoms with van der Waals surface area (Å²) in [5.74, 6) is 0. The van der Waals surface area contributed by atoms with Gasteiger partial charge < -0.3 is 28.8 Å². The molecule has 1 aliphatic heterocycles. The van der Waals surface area contributed by atoms with Crippen molar-refractivity contribution in [1.29, 1.82) is 0 Å². The molecule has 0 radical (unpaired) electrons. The highest BCUT2D eigenvalue weighted by atomic mass is 16.7.